The van der Waals surface area contributed by atoms with Crippen LogP contribution in [-0.2, 0) is 11.3 Å². The monoisotopic (exact) mass is 375 g/mol. The number of benzene rings is 2. The molecule has 2 atom stereocenters. The van der Waals surface area contributed by atoms with Crippen LogP contribution in [0.1, 0.15) is 29.8 Å². The molecule has 144 valence electrons. The van der Waals surface area contributed by atoms with E-state index in [9.17, 15) is 4.79 Å². The molecular weight excluding hydrogens is 350 g/mol. The molecule has 0 aliphatic carbocycles. The molecule has 0 unspecified atom stereocenters. The van der Waals surface area contributed by atoms with Crippen molar-refractivity contribution >= 4 is 5.91 Å². The number of morpholine rings is 1. The molecule has 0 bridgehead atoms. The Hall–Kier alpha value is -2.92. The number of nitrogens with zero attached hydrogens (tertiary/aromatic N) is 3. The fourth-order valence-corrected chi connectivity index (χ4v) is 3.75. The molecule has 28 heavy (non-hydrogen) atoms. The summed E-state index contributed by atoms with van der Waals surface area (Å²) in [6.07, 6.45) is 1.95. The summed E-state index contributed by atoms with van der Waals surface area (Å²) >= 11 is 0. The van der Waals surface area contributed by atoms with Gasteiger partial charge in [-0.05, 0) is 19.4 Å². The van der Waals surface area contributed by atoms with Crippen LogP contribution in [0.25, 0.3) is 11.3 Å². The summed E-state index contributed by atoms with van der Waals surface area (Å²) in [6.45, 7) is 5.84. The molecule has 1 aliphatic rings. The fraction of sp³-hybridized carbons (Fsp3) is 0.304. The Bertz CT molecular complexity index is 927. The van der Waals surface area contributed by atoms with E-state index in [-0.39, 0.29) is 18.1 Å². The average Bonchev–Trinajstić information content (AvgIpc) is 3.12. The van der Waals surface area contributed by atoms with E-state index in [1.54, 1.807) is 0 Å². The van der Waals surface area contributed by atoms with Crippen LogP contribution in [0.3, 0.4) is 0 Å². The van der Waals surface area contributed by atoms with E-state index in [2.05, 4.69) is 12.1 Å². The third-order valence-electron chi connectivity index (χ3n) is 4.93. The van der Waals surface area contributed by atoms with Crippen LogP contribution in [0, 0.1) is 0 Å². The number of amides is 1. The minimum absolute atomic E-state index is 0.0140. The first-order valence-corrected chi connectivity index (χ1v) is 9.71. The number of aromatic nitrogens is 2. The van der Waals surface area contributed by atoms with Crippen molar-refractivity contribution in [3.63, 3.8) is 0 Å². The van der Waals surface area contributed by atoms with E-state index in [0.717, 1.165) is 16.8 Å². The third-order valence-corrected chi connectivity index (χ3v) is 4.93. The topological polar surface area (TPSA) is 47.4 Å². The first-order chi connectivity index (χ1) is 13.6. The van der Waals surface area contributed by atoms with Crippen LogP contribution >= 0.6 is 0 Å². The van der Waals surface area contributed by atoms with Crippen LogP contribution in [0.5, 0.6) is 0 Å². The van der Waals surface area contributed by atoms with Crippen molar-refractivity contribution in [3.05, 3.63) is 78.0 Å². The van der Waals surface area contributed by atoms with Gasteiger partial charge in [0.2, 0.25) is 0 Å². The number of ether oxygens (including phenoxy) is 1. The molecule has 1 amide bonds. The van der Waals surface area contributed by atoms with Gasteiger partial charge in [-0.15, -0.1) is 0 Å². The summed E-state index contributed by atoms with van der Waals surface area (Å²) in [7, 11) is 0. The minimum atomic E-state index is 0.0140. The lowest BCUT2D eigenvalue weighted by atomic mass is 10.1. The van der Waals surface area contributed by atoms with Gasteiger partial charge in [0.15, 0.2) is 0 Å². The molecule has 1 aliphatic heterocycles. The number of carbonyl (C=O) groups excluding carboxylic acids is 1. The lowest BCUT2D eigenvalue weighted by Crippen LogP contribution is -2.48. The lowest BCUT2D eigenvalue weighted by molar-refractivity contribution is -0.0586. The Morgan fingerprint density at radius 3 is 2.25 bits per heavy atom. The maximum atomic E-state index is 13.4. The largest absolute Gasteiger partial charge is 0.372 e. The third kappa shape index (κ3) is 3.99. The van der Waals surface area contributed by atoms with E-state index in [1.165, 1.54) is 0 Å². The van der Waals surface area contributed by atoms with Crippen molar-refractivity contribution < 1.29 is 9.53 Å². The van der Waals surface area contributed by atoms with Crippen molar-refractivity contribution in [2.75, 3.05) is 13.1 Å². The SMILES string of the molecule is C[C@H]1CN(C(=O)c2cn(Cc3ccccc3)nc2-c2ccccc2)C[C@H](C)O1. The van der Waals surface area contributed by atoms with Gasteiger partial charge in [-0.3, -0.25) is 9.48 Å². The average molecular weight is 375 g/mol. The number of hydrogen-bond acceptors (Lipinski definition) is 3. The Kier molecular flexibility index (Phi) is 5.26. The van der Waals surface area contributed by atoms with Gasteiger partial charge in [-0.25, -0.2) is 0 Å². The highest BCUT2D eigenvalue weighted by molar-refractivity contribution is 5.99. The molecule has 0 N–H and O–H groups in total. The van der Waals surface area contributed by atoms with Gasteiger partial charge in [-0.1, -0.05) is 60.7 Å². The highest BCUT2D eigenvalue weighted by atomic mass is 16.5. The van der Waals surface area contributed by atoms with Crippen molar-refractivity contribution in [2.24, 2.45) is 0 Å². The summed E-state index contributed by atoms with van der Waals surface area (Å²) in [5.74, 6) is 0.0140. The van der Waals surface area contributed by atoms with Gasteiger partial charge in [0, 0.05) is 24.8 Å². The zero-order valence-corrected chi connectivity index (χ0v) is 16.3. The smallest absolute Gasteiger partial charge is 0.257 e. The second-order valence-electron chi connectivity index (χ2n) is 7.41. The second kappa shape index (κ2) is 7.98. The highest BCUT2D eigenvalue weighted by Crippen LogP contribution is 2.25. The predicted molar refractivity (Wildman–Crippen MR) is 109 cm³/mol. The van der Waals surface area contributed by atoms with Crippen LogP contribution in [0.2, 0.25) is 0 Å². The molecule has 4 rings (SSSR count). The van der Waals surface area contributed by atoms with Crippen molar-refractivity contribution in [1.29, 1.82) is 0 Å². The second-order valence-corrected chi connectivity index (χ2v) is 7.41. The van der Waals surface area contributed by atoms with Crippen molar-refractivity contribution in [2.45, 2.75) is 32.6 Å². The van der Waals surface area contributed by atoms with E-state index >= 15 is 0 Å². The number of carbonyl (C=O) groups is 1. The van der Waals surface area contributed by atoms with Gasteiger partial charge in [0.1, 0.15) is 5.69 Å². The van der Waals surface area contributed by atoms with Crippen LogP contribution in [-0.4, -0.2) is 45.9 Å². The van der Waals surface area contributed by atoms with Gasteiger partial charge >= 0.3 is 0 Å². The summed E-state index contributed by atoms with van der Waals surface area (Å²) in [4.78, 5) is 15.3. The molecule has 2 heterocycles. The Morgan fingerprint density at radius 1 is 1.00 bits per heavy atom. The molecule has 1 fully saturated rings. The number of hydrogen-bond donors (Lipinski definition) is 0. The van der Waals surface area contributed by atoms with Gasteiger partial charge in [-0.2, -0.15) is 5.10 Å². The van der Waals surface area contributed by atoms with Gasteiger partial charge in [0.05, 0.1) is 24.3 Å². The Balaban J connectivity index is 1.69. The van der Waals surface area contributed by atoms with Gasteiger partial charge < -0.3 is 9.64 Å². The first-order valence-electron chi connectivity index (χ1n) is 9.71. The molecule has 5 nitrogen and oxygen atoms in total. The van der Waals surface area contributed by atoms with E-state index < -0.39 is 0 Å². The molecule has 1 aromatic heterocycles. The maximum Gasteiger partial charge on any atom is 0.257 e. The lowest BCUT2D eigenvalue weighted by Gasteiger charge is -2.35. The normalized spacial score (nSPS) is 19.6. The minimum Gasteiger partial charge on any atom is -0.372 e. The van der Waals surface area contributed by atoms with E-state index in [1.807, 2.05) is 78.2 Å². The van der Waals surface area contributed by atoms with Crippen LogP contribution in [0.4, 0.5) is 0 Å². The molecule has 2 aromatic carbocycles. The number of rotatable bonds is 4. The fourth-order valence-electron chi connectivity index (χ4n) is 3.75. The first kappa shape index (κ1) is 18.4. The Morgan fingerprint density at radius 2 is 1.61 bits per heavy atom. The molecule has 1 saturated heterocycles. The summed E-state index contributed by atoms with van der Waals surface area (Å²) < 4.78 is 7.65. The summed E-state index contributed by atoms with van der Waals surface area (Å²) in [5, 5.41) is 4.77. The molecular formula is C23H25N3O2. The molecule has 3 aromatic rings. The quantitative estimate of drug-likeness (QED) is 0.696. The van der Waals surface area contributed by atoms with Crippen LogP contribution < -0.4 is 0 Å². The zero-order chi connectivity index (χ0) is 19.5. The maximum absolute atomic E-state index is 13.4. The summed E-state index contributed by atoms with van der Waals surface area (Å²) in [5.41, 5.74) is 3.47. The molecule has 5 heteroatoms. The van der Waals surface area contributed by atoms with E-state index in [0.29, 0.717) is 25.2 Å². The molecule has 0 radical (unpaired) electrons. The van der Waals surface area contributed by atoms with Crippen molar-refractivity contribution in [1.82, 2.24) is 14.7 Å². The zero-order valence-electron chi connectivity index (χ0n) is 16.3. The van der Waals surface area contributed by atoms with Gasteiger partial charge in [0.25, 0.3) is 5.91 Å². The highest BCUT2D eigenvalue weighted by Gasteiger charge is 2.29. The standard InChI is InChI=1S/C23H25N3O2/c1-17-13-25(14-18(2)28-17)23(27)21-16-26(15-19-9-5-3-6-10-19)24-22(21)20-11-7-4-8-12-20/h3-12,16-18H,13-15H2,1-2H3/t17-,18-/m0/s1. The van der Waals surface area contributed by atoms with Crippen LogP contribution in [0.15, 0.2) is 66.9 Å². The van der Waals surface area contributed by atoms with Crippen molar-refractivity contribution in [3.8, 4) is 11.3 Å². The predicted octanol–water partition coefficient (Wildman–Crippen LogP) is 3.85. The Labute approximate surface area is 165 Å². The molecule has 0 spiro atoms. The summed E-state index contributed by atoms with van der Waals surface area (Å²) in [6, 6.07) is 20.1. The van der Waals surface area contributed by atoms with E-state index in [4.69, 9.17) is 9.84 Å². The molecule has 0 saturated carbocycles.